The molecule has 0 spiro atoms. The molecule has 0 saturated carbocycles. The summed E-state index contributed by atoms with van der Waals surface area (Å²) in [6.45, 7) is -0.418. The fraction of sp³-hybridized carbons (Fsp3) is 0.190. The van der Waals surface area contributed by atoms with E-state index in [9.17, 15) is 30.7 Å². The van der Waals surface area contributed by atoms with E-state index in [2.05, 4.69) is 25.3 Å². The Kier molecular flexibility index (Phi) is 5.68. The van der Waals surface area contributed by atoms with Gasteiger partial charge in [-0.15, -0.1) is 0 Å². The first-order valence-corrected chi connectivity index (χ1v) is 9.44. The standard InChI is InChI=1S/C21H14F7N5/c22-18-12(5-13-8-31-19-16(13)9-29-10-32-19)1-2-17(33-18)30-7-11-3-14(20(23,24)25)6-15(4-11)21(26,27)28/h1-4,6,8-10H,5,7H2,(H,30,33)(H,29,31,32). The van der Waals surface area contributed by atoms with Crippen molar-refractivity contribution in [2.75, 3.05) is 5.32 Å². The van der Waals surface area contributed by atoms with Crippen LogP contribution >= 0.6 is 0 Å². The molecule has 4 aromatic rings. The lowest BCUT2D eigenvalue weighted by molar-refractivity contribution is -0.143. The quantitative estimate of drug-likeness (QED) is 0.289. The summed E-state index contributed by atoms with van der Waals surface area (Å²) in [5.41, 5.74) is -1.56. The van der Waals surface area contributed by atoms with Crippen molar-refractivity contribution in [3.8, 4) is 0 Å². The molecule has 0 unspecified atom stereocenters. The molecule has 12 heteroatoms. The van der Waals surface area contributed by atoms with E-state index >= 15 is 0 Å². The fourth-order valence-electron chi connectivity index (χ4n) is 3.27. The number of pyridine rings is 1. The van der Waals surface area contributed by atoms with E-state index < -0.39 is 36.0 Å². The van der Waals surface area contributed by atoms with Gasteiger partial charge in [-0.05, 0) is 35.4 Å². The maximum atomic E-state index is 14.5. The van der Waals surface area contributed by atoms with Crippen LogP contribution in [0.3, 0.4) is 0 Å². The van der Waals surface area contributed by atoms with E-state index in [1.165, 1.54) is 18.5 Å². The topological polar surface area (TPSA) is 66.5 Å². The van der Waals surface area contributed by atoms with Crippen LogP contribution in [0.5, 0.6) is 0 Å². The average Bonchev–Trinajstić information content (AvgIpc) is 3.15. The number of aromatic amines is 1. The molecule has 0 aliphatic rings. The van der Waals surface area contributed by atoms with Crippen molar-refractivity contribution in [1.29, 1.82) is 0 Å². The number of benzene rings is 1. The molecule has 3 aromatic heterocycles. The van der Waals surface area contributed by atoms with Gasteiger partial charge in [-0.3, -0.25) is 0 Å². The Bertz CT molecular complexity index is 1260. The second kappa shape index (κ2) is 8.34. The van der Waals surface area contributed by atoms with Gasteiger partial charge in [0.05, 0.1) is 11.1 Å². The summed E-state index contributed by atoms with van der Waals surface area (Å²) in [5, 5.41) is 3.27. The smallest absolute Gasteiger partial charge is 0.366 e. The molecule has 0 fully saturated rings. The van der Waals surface area contributed by atoms with Crippen LogP contribution in [0.25, 0.3) is 11.0 Å². The van der Waals surface area contributed by atoms with E-state index in [0.29, 0.717) is 23.2 Å². The molecular formula is C21H14F7N5. The van der Waals surface area contributed by atoms with Crippen molar-refractivity contribution in [3.05, 3.63) is 82.8 Å². The van der Waals surface area contributed by atoms with Gasteiger partial charge >= 0.3 is 12.4 Å². The van der Waals surface area contributed by atoms with Crippen molar-refractivity contribution in [3.63, 3.8) is 0 Å². The summed E-state index contributed by atoms with van der Waals surface area (Å²) in [6.07, 6.45) is -5.11. The summed E-state index contributed by atoms with van der Waals surface area (Å²) in [6, 6.07) is 4.08. The van der Waals surface area contributed by atoms with Gasteiger partial charge in [0, 0.05) is 36.3 Å². The predicted molar refractivity (Wildman–Crippen MR) is 105 cm³/mol. The van der Waals surface area contributed by atoms with Crippen molar-refractivity contribution in [2.24, 2.45) is 0 Å². The normalized spacial score (nSPS) is 12.3. The zero-order chi connectivity index (χ0) is 23.8. The monoisotopic (exact) mass is 469 g/mol. The molecule has 5 nitrogen and oxygen atoms in total. The third-order valence-corrected chi connectivity index (χ3v) is 4.87. The molecule has 3 heterocycles. The molecule has 33 heavy (non-hydrogen) atoms. The molecule has 0 radical (unpaired) electrons. The van der Waals surface area contributed by atoms with E-state index in [4.69, 9.17) is 0 Å². The Morgan fingerprint density at radius 3 is 2.24 bits per heavy atom. The van der Waals surface area contributed by atoms with Gasteiger partial charge in [-0.2, -0.15) is 30.7 Å². The molecule has 172 valence electrons. The van der Waals surface area contributed by atoms with Crippen molar-refractivity contribution < 1.29 is 30.7 Å². The summed E-state index contributed by atoms with van der Waals surface area (Å²) >= 11 is 0. The van der Waals surface area contributed by atoms with Gasteiger partial charge in [0.1, 0.15) is 17.8 Å². The highest BCUT2D eigenvalue weighted by Gasteiger charge is 2.36. The van der Waals surface area contributed by atoms with Gasteiger partial charge in [0.25, 0.3) is 0 Å². The van der Waals surface area contributed by atoms with Crippen LogP contribution in [0.4, 0.5) is 36.6 Å². The van der Waals surface area contributed by atoms with Gasteiger partial charge in [-0.1, -0.05) is 6.07 Å². The van der Waals surface area contributed by atoms with Crippen molar-refractivity contribution in [1.82, 2.24) is 19.9 Å². The zero-order valence-corrected chi connectivity index (χ0v) is 16.5. The molecular weight excluding hydrogens is 455 g/mol. The Morgan fingerprint density at radius 2 is 1.61 bits per heavy atom. The number of alkyl halides is 6. The number of hydrogen-bond acceptors (Lipinski definition) is 4. The van der Waals surface area contributed by atoms with Gasteiger partial charge < -0.3 is 10.3 Å². The average molecular weight is 469 g/mol. The number of H-pyrrole nitrogens is 1. The Labute approximate surface area is 181 Å². The third kappa shape index (κ3) is 5.04. The maximum absolute atomic E-state index is 14.5. The summed E-state index contributed by atoms with van der Waals surface area (Å²) in [5.74, 6) is -0.865. The van der Waals surface area contributed by atoms with E-state index in [1.807, 2.05) is 0 Å². The highest BCUT2D eigenvalue weighted by Crippen LogP contribution is 2.36. The first kappa shape index (κ1) is 22.5. The van der Waals surface area contributed by atoms with Gasteiger partial charge in [-0.25, -0.2) is 15.0 Å². The number of anilines is 1. The lowest BCUT2D eigenvalue weighted by Crippen LogP contribution is -2.13. The molecule has 2 N–H and O–H groups in total. The van der Waals surface area contributed by atoms with E-state index in [-0.39, 0.29) is 29.4 Å². The van der Waals surface area contributed by atoms with Crippen LogP contribution in [0.2, 0.25) is 0 Å². The number of fused-ring (bicyclic) bond motifs is 1. The number of nitrogens with one attached hydrogen (secondary N) is 2. The van der Waals surface area contributed by atoms with Crippen LogP contribution in [-0.2, 0) is 25.3 Å². The van der Waals surface area contributed by atoms with E-state index in [0.717, 1.165) is 5.56 Å². The minimum atomic E-state index is -4.95. The second-order valence-electron chi connectivity index (χ2n) is 7.19. The highest BCUT2D eigenvalue weighted by atomic mass is 19.4. The number of aromatic nitrogens is 4. The predicted octanol–water partition coefficient (Wildman–Crippen LogP) is 5.73. The van der Waals surface area contributed by atoms with Crippen LogP contribution in [0, 0.1) is 5.95 Å². The first-order chi connectivity index (χ1) is 15.5. The number of halogens is 7. The van der Waals surface area contributed by atoms with Gasteiger partial charge in [0.2, 0.25) is 5.95 Å². The van der Waals surface area contributed by atoms with Crippen LogP contribution in [-0.4, -0.2) is 19.9 Å². The Balaban J connectivity index is 1.52. The molecule has 1 aromatic carbocycles. The minimum absolute atomic E-state index is 0.0375. The molecule has 0 atom stereocenters. The highest BCUT2D eigenvalue weighted by molar-refractivity contribution is 5.78. The lowest BCUT2D eigenvalue weighted by Gasteiger charge is -2.15. The zero-order valence-electron chi connectivity index (χ0n) is 16.5. The summed E-state index contributed by atoms with van der Waals surface area (Å²) < 4.78 is 92.5. The largest absolute Gasteiger partial charge is 0.416 e. The summed E-state index contributed by atoms with van der Waals surface area (Å²) in [4.78, 5) is 14.6. The van der Waals surface area contributed by atoms with Crippen LogP contribution in [0.15, 0.2) is 49.1 Å². The lowest BCUT2D eigenvalue weighted by atomic mass is 10.0. The molecule has 0 saturated heterocycles. The summed E-state index contributed by atoms with van der Waals surface area (Å²) in [7, 11) is 0. The van der Waals surface area contributed by atoms with Crippen molar-refractivity contribution >= 4 is 16.9 Å². The van der Waals surface area contributed by atoms with Crippen molar-refractivity contribution in [2.45, 2.75) is 25.3 Å². The second-order valence-corrected chi connectivity index (χ2v) is 7.19. The molecule has 0 amide bonds. The number of nitrogens with zero attached hydrogens (tertiary/aromatic N) is 3. The molecule has 0 aliphatic heterocycles. The fourth-order valence-corrected chi connectivity index (χ4v) is 3.27. The van der Waals surface area contributed by atoms with Crippen LogP contribution < -0.4 is 5.32 Å². The molecule has 4 rings (SSSR count). The first-order valence-electron chi connectivity index (χ1n) is 9.44. The molecule has 0 aliphatic carbocycles. The minimum Gasteiger partial charge on any atom is -0.366 e. The van der Waals surface area contributed by atoms with Crippen LogP contribution in [0.1, 0.15) is 27.8 Å². The maximum Gasteiger partial charge on any atom is 0.416 e. The van der Waals surface area contributed by atoms with E-state index in [1.54, 1.807) is 12.4 Å². The van der Waals surface area contributed by atoms with Gasteiger partial charge in [0.15, 0.2) is 0 Å². The SMILES string of the molecule is Fc1nc(NCc2cc(C(F)(F)F)cc(C(F)(F)F)c2)ccc1Cc1c[nH]c2ncncc12. The Morgan fingerprint density at radius 1 is 0.909 bits per heavy atom. The number of rotatable bonds is 5. The Hall–Kier alpha value is -3.70. The number of hydrogen-bond donors (Lipinski definition) is 2. The molecule has 0 bridgehead atoms. The third-order valence-electron chi connectivity index (χ3n) is 4.87.